The normalized spacial score (nSPS) is 19.4. The van der Waals surface area contributed by atoms with E-state index in [4.69, 9.17) is 5.73 Å². The number of aliphatic hydroxyl groups is 1. The van der Waals surface area contributed by atoms with E-state index in [0.29, 0.717) is 49.0 Å². The van der Waals surface area contributed by atoms with Crippen LogP contribution >= 0.6 is 0 Å². The Morgan fingerprint density at radius 1 is 1.21 bits per heavy atom. The number of aromatic nitrogens is 4. The molecule has 0 bridgehead atoms. The van der Waals surface area contributed by atoms with Gasteiger partial charge in [0.25, 0.3) is 0 Å². The number of benzene rings is 1. The number of nitrogens with one attached hydrogen (secondary N) is 2. The summed E-state index contributed by atoms with van der Waals surface area (Å²) in [4.78, 5) is 24.7. The molecule has 1 aromatic carbocycles. The number of aliphatic hydroxyl groups excluding tert-OH is 1. The quantitative estimate of drug-likeness (QED) is 0.424. The number of carbonyl (C=O) groups excluding carboxylic acids is 1. The Kier molecular flexibility index (Phi) is 6.36. The van der Waals surface area contributed by atoms with Gasteiger partial charge in [0.1, 0.15) is 17.0 Å². The van der Waals surface area contributed by atoms with Crippen LogP contribution in [0, 0.1) is 23.4 Å². The van der Waals surface area contributed by atoms with Crippen LogP contribution < -0.4 is 16.4 Å². The summed E-state index contributed by atoms with van der Waals surface area (Å²) in [7, 11) is 0. The standard InChI is InChI=1S/C21H24F3N7O2/c1-10(9-32)27-20-26-8-16-19(30-20)31(13-4-2-11(3-5-13)18(25)33)21(28-16)29-17-14(23)6-12(22)7-15(17)24/h6-8,10-11,13,32H,2-5,9H2,1H3,(H2,25,33)(H,28,29)(H,26,27,30)/t10-,11-,13+/m0/s1. The van der Waals surface area contributed by atoms with Crippen molar-refractivity contribution in [1.29, 1.82) is 0 Å². The van der Waals surface area contributed by atoms with E-state index in [-0.39, 0.29) is 42.4 Å². The largest absolute Gasteiger partial charge is 0.394 e. The van der Waals surface area contributed by atoms with Gasteiger partial charge in [-0.25, -0.2) is 23.1 Å². The molecule has 0 unspecified atom stereocenters. The lowest BCUT2D eigenvalue weighted by Crippen LogP contribution is -2.29. The number of hydrogen-bond acceptors (Lipinski definition) is 7. The fraction of sp³-hybridized carbons (Fsp3) is 0.429. The molecule has 1 fully saturated rings. The zero-order valence-electron chi connectivity index (χ0n) is 17.9. The summed E-state index contributed by atoms with van der Waals surface area (Å²) in [5.74, 6) is -3.47. The predicted octanol–water partition coefficient (Wildman–Crippen LogP) is 3.00. The van der Waals surface area contributed by atoms with Crippen LogP contribution in [0.3, 0.4) is 0 Å². The summed E-state index contributed by atoms with van der Waals surface area (Å²) >= 11 is 0. The third-order valence-electron chi connectivity index (χ3n) is 5.79. The molecule has 1 aliphatic carbocycles. The predicted molar refractivity (Wildman–Crippen MR) is 115 cm³/mol. The van der Waals surface area contributed by atoms with Gasteiger partial charge in [-0.15, -0.1) is 0 Å². The van der Waals surface area contributed by atoms with Gasteiger partial charge in [-0.2, -0.15) is 4.98 Å². The molecule has 33 heavy (non-hydrogen) atoms. The van der Waals surface area contributed by atoms with Crippen molar-refractivity contribution in [2.24, 2.45) is 11.7 Å². The first-order valence-corrected chi connectivity index (χ1v) is 10.6. The molecule has 1 amide bonds. The molecule has 0 spiro atoms. The van der Waals surface area contributed by atoms with Crippen molar-refractivity contribution in [3.05, 3.63) is 35.8 Å². The number of hydrogen-bond donors (Lipinski definition) is 4. The number of imidazole rings is 1. The minimum Gasteiger partial charge on any atom is -0.394 e. The molecule has 1 aliphatic rings. The molecular weight excluding hydrogens is 439 g/mol. The fourth-order valence-electron chi connectivity index (χ4n) is 4.05. The SMILES string of the molecule is C[C@@H](CO)Nc1ncc2nc(Nc3c(F)cc(F)cc3F)n([C@H]3CC[C@@H](C(N)=O)CC3)c2n1. The number of amides is 1. The Bertz CT molecular complexity index is 1160. The molecule has 0 saturated heterocycles. The second kappa shape index (κ2) is 9.22. The first-order chi connectivity index (χ1) is 15.8. The van der Waals surface area contributed by atoms with Crippen LogP contribution in [0.15, 0.2) is 18.3 Å². The van der Waals surface area contributed by atoms with Crippen molar-refractivity contribution in [1.82, 2.24) is 19.5 Å². The van der Waals surface area contributed by atoms with Gasteiger partial charge < -0.3 is 21.5 Å². The number of primary amides is 1. The average molecular weight is 463 g/mol. The Labute approximate surface area is 187 Å². The molecule has 2 heterocycles. The Hall–Kier alpha value is -3.41. The second-order valence-electron chi connectivity index (χ2n) is 8.21. The van der Waals surface area contributed by atoms with E-state index in [1.807, 2.05) is 0 Å². The molecule has 12 heteroatoms. The summed E-state index contributed by atoms with van der Waals surface area (Å²) in [6.45, 7) is 1.62. The molecule has 0 aliphatic heterocycles. The molecule has 1 atom stereocenters. The molecule has 3 aromatic rings. The summed E-state index contributed by atoms with van der Waals surface area (Å²) in [5.41, 5.74) is 5.69. The van der Waals surface area contributed by atoms with Gasteiger partial charge in [-0.05, 0) is 32.6 Å². The summed E-state index contributed by atoms with van der Waals surface area (Å²) in [6.07, 6.45) is 3.71. The molecule has 176 valence electrons. The van der Waals surface area contributed by atoms with E-state index in [0.717, 1.165) is 0 Å². The lowest BCUT2D eigenvalue weighted by Gasteiger charge is -2.29. The van der Waals surface area contributed by atoms with Gasteiger partial charge in [-0.3, -0.25) is 9.36 Å². The third kappa shape index (κ3) is 4.70. The van der Waals surface area contributed by atoms with E-state index in [2.05, 4.69) is 25.6 Å². The van der Waals surface area contributed by atoms with Gasteiger partial charge in [0.05, 0.1) is 12.8 Å². The minimum absolute atomic E-state index is 0.110. The van der Waals surface area contributed by atoms with E-state index in [1.54, 1.807) is 11.5 Å². The lowest BCUT2D eigenvalue weighted by molar-refractivity contribution is -0.122. The molecular formula is C21H24F3N7O2. The van der Waals surface area contributed by atoms with Gasteiger partial charge in [0.2, 0.25) is 17.8 Å². The molecule has 5 N–H and O–H groups in total. The Morgan fingerprint density at radius 2 is 1.88 bits per heavy atom. The number of fused-ring (bicyclic) bond motifs is 1. The summed E-state index contributed by atoms with van der Waals surface area (Å²) < 4.78 is 43.7. The van der Waals surface area contributed by atoms with Crippen LogP contribution in [0.2, 0.25) is 0 Å². The van der Waals surface area contributed by atoms with E-state index in [1.165, 1.54) is 6.20 Å². The molecule has 0 radical (unpaired) electrons. The monoisotopic (exact) mass is 463 g/mol. The highest BCUT2D eigenvalue weighted by molar-refractivity contribution is 5.78. The third-order valence-corrected chi connectivity index (χ3v) is 5.79. The number of halogens is 3. The Morgan fingerprint density at radius 3 is 2.48 bits per heavy atom. The fourth-order valence-corrected chi connectivity index (χ4v) is 4.05. The van der Waals surface area contributed by atoms with Gasteiger partial charge in [0, 0.05) is 30.1 Å². The van der Waals surface area contributed by atoms with Crippen LogP contribution in [-0.2, 0) is 4.79 Å². The molecule has 9 nitrogen and oxygen atoms in total. The summed E-state index contributed by atoms with van der Waals surface area (Å²) in [5, 5.41) is 14.9. The maximum Gasteiger partial charge on any atom is 0.225 e. The number of nitrogens with zero attached hydrogens (tertiary/aromatic N) is 4. The van der Waals surface area contributed by atoms with Crippen LogP contribution in [0.4, 0.5) is 30.8 Å². The zero-order valence-corrected chi connectivity index (χ0v) is 17.9. The summed E-state index contributed by atoms with van der Waals surface area (Å²) in [6, 6.07) is 0.672. The molecule has 2 aromatic heterocycles. The van der Waals surface area contributed by atoms with Crippen molar-refractivity contribution in [2.75, 3.05) is 17.2 Å². The van der Waals surface area contributed by atoms with E-state index < -0.39 is 23.1 Å². The van der Waals surface area contributed by atoms with Crippen LogP contribution in [0.5, 0.6) is 0 Å². The van der Waals surface area contributed by atoms with Gasteiger partial charge in [0.15, 0.2) is 17.3 Å². The highest BCUT2D eigenvalue weighted by Crippen LogP contribution is 2.37. The van der Waals surface area contributed by atoms with Crippen LogP contribution in [0.1, 0.15) is 38.6 Å². The molecule has 4 rings (SSSR count). The number of rotatable bonds is 7. The van der Waals surface area contributed by atoms with Crippen molar-refractivity contribution < 1.29 is 23.1 Å². The van der Waals surface area contributed by atoms with Crippen LogP contribution in [-0.4, -0.2) is 43.2 Å². The lowest BCUT2D eigenvalue weighted by atomic mass is 9.85. The highest BCUT2D eigenvalue weighted by Gasteiger charge is 2.29. The second-order valence-corrected chi connectivity index (χ2v) is 8.21. The van der Waals surface area contributed by atoms with Gasteiger partial charge >= 0.3 is 0 Å². The van der Waals surface area contributed by atoms with Crippen molar-refractivity contribution in [2.45, 2.75) is 44.7 Å². The Balaban J connectivity index is 1.77. The maximum atomic E-state index is 14.3. The zero-order chi connectivity index (χ0) is 23.7. The maximum absolute atomic E-state index is 14.3. The molecule has 1 saturated carbocycles. The first kappa shape index (κ1) is 22.8. The van der Waals surface area contributed by atoms with Gasteiger partial charge in [-0.1, -0.05) is 0 Å². The minimum atomic E-state index is -1.10. The van der Waals surface area contributed by atoms with E-state index in [9.17, 15) is 23.1 Å². The topological polar surface area (TPSA) is 131 Å². The number of anilines is 3. The first-order valence-electron chi connectivity index (χ1n) is 10.6. The van der Waals surface area contributed by atoms with Crippen molar-refractivity contribution in [3.8, 4) is 0 Å². The number of carbonyl (C=O) groups is 1. The average Bonchev–Trinajstić information content (AvgIpc) is 3.13. The number of nitrogens with two attached hydrogens (primary N) is 1. The van der Waals surface area contributed by atoms with Crippen molar-refractivity contribution in [3.63, 3.8) is 0 Å². The van der Waals surface area contributed by atoms with Crippen LogP contribution in [0.25, 0.3) is 11.2 Å². The smallest absolute Gasteiger partial charge is 0.225 e. The van der Waals surface area contributed by atoms with E-state index >= 15 is 0 Å². The highest BCUT2D eigenvalue weighted by atomic mass is 19.1. The van der Waals surface area contributed by atoms with Crippen molar-refractivity contribution >= 4 is 34.7 Å².